The molecule has 0 amide bonds. The van der Waals surface area contributed by atoms with E-state index in [1.54, 1.807) is 12.1 Å². The normalized spacial score (nSPS) is 12.6. The Kier molecular flexibility index (Phi) is 4.39. The Labute approximate surface area is 129 Å². The zero-order chi connectivity index (χ0) is 15.7. The molecule has 0 saturated carbocycles. The van der Waals surface area contributed by atoms with Crippen LogP contribution in [0.3, 0.4) is 0 Å². The minimum atomic E-state index is -3.50. The van der Waals surface area contributed by atoms with Crippen LogP contribution in [0.15, 0.2) is 24.3 Å². The predicted octanol–water partition coefficient (Wildman–Crippen LogP) is 3.46. The zero-order valence-electron chi connectivity index (χ0n) is 12.2. The number of hydrogen-bond donors (Lipinski definition) is 1. The number of hydrogen-bond acceptors (Lipinski definition) is 4. The monoisotopic (exact) mass is 327 g/mol. The van der Waals surface area contributed by atoms with Crippen molar-refractivity contribution >= 4 is 38.5 Å². The molecule has 0 saturated heterocycles. The van der Waals surface area contributed by atoms with Gasteiger partial charge < -0.3 is 0 Å². The second-order valence-corrected chi connectivity index (χ2v) is 8.28. The molecule has 0 fully saturated rings. The highest BCUT2D eigenvalue weighted by Crippen LogP contribution is 2.24. The number of nitrogens with zero attached hydrogens (tertiary/aromatic N) is 2. The van der Waals surface area contributed by atoms with Gasteiger partial charge in [-0.05, 0) is 24.0 Å². The van der Waals surface area contributed by atoms with Crippen LogP contribution in [0.25, 0.3) is 11.0 Å². The first kappa shape index (κ1) is 16.0. The smallest absolute Gasteiger partial charge is 0.233 e. The number of aromatic nitrogens is 2. The molecule has 0 aliphatic carbocycles. The molecular weight excluding hydrogens is 310 g/mol. The third-order valence-electron chi connectivity index (χ3n) is 2.90. The van der Waals surface area contributed by atoms with Crippen LogP contribution in [-0.4, -0.2) is 24.1 Å². The summed E-state index contributed by atoms with van der Waals surface area (Å²) in [5, 5.41) is 0.0491. The summed E-state index contributed by atoms with van der Waals surface area (Å²) in [5.41, 5.74) is 1.16. The first-order valence-electron chi connectivity index (χ1n) is 6.59. The maximum absolute atomic E-state index is 12.1. The van der Waals surface area contributed by atoms with Gasteiger partial charge in [0.2, 0.25) is 10.0 Å². The van der Waals surface area contributed by atoms with Crippen molar-refractivity contribution < 1.29 is 8.42 Å². The van der Waals surface area contributed by atoms with Crippen molar-refractivity contribution in [2.75, 3.05) is 10.5 Å². The van der Waals surface area contributed by atoms with E-state index in [9.17, 15) is 8.42 Å². The molecule has 1 N–H and O–H groups in total. The van der Waals surface area contributed by atoms with Crippen LogP contribution in [0.5, 0.6) is 0 Å². The topological polar surface area (TPSA) is 72.0 Å². The van der Waals surface area contributed by atoms with Crippen LogP contribution in [0.2, 0.25) is 5.15 Å². The molecule has 0 aliphatic heterocycles. The van der Waals surface area contributed by atoms with Gasteiger partial charge in [-0.15, -0.1) is 0 Å². The van der Waals surface area contributed by atoms with Crippen LogP contribution < -0.4 is 4.72 Å². The van der Waals surface area contributed by atoms with Crippen molar-refractivity contribution in [3.63, 3.8) is 0 Å². The molecule has 0 bridgehead atoms. The molecule has 5 nitrogen and oxygen atoms in total. The second-order valence-electron chi connectivity index (χ2n) is 6.08. The van der Waals surface area contributed by atoms with Crippen molar-refractivity contribution in [1.82, 2.24) is 9.97 Å². The lowest BCUT2D eigenvalue weighted by atomic mass is 9.94. The molecule has 21 heavy (non-hydrogen) atoms. The second kappa shape index (κ2) is 5.77. The summed E-state index contributed by atoms with van der Waals surface area (Å²) in [5.74, 6) is 0.0886. The van der Waals surface area contributed by atoms with E-state index in [1.807, 2.05) is 32.9 Å². The number of fused-ring (bicyclic) bond motifs is 1. The van der Waals surface area contributed by atoms with Crippen molar-refractivity contribution in [3.8, 4) is 0 Å². The molecule has 2 rings (SSSR count). The van der Waals surface area contributed by atoms with Crippen molar-refractivity contribution in [2.45, 2.75) is 27.2 Å². The van der Waals surface area contributed by atoms with E-state index in [0.29, 0.717) is 17.5 Å². The molecule has 0 aliphatic rings. The molecule has 1 aromatic heterocycles. The standard InChI is InChI=1S/C14H18ClN3O2S/c1-14(2,3)8-9-21(19,20)18-13-12(15)16-10-6-4-5-7-11(10)17-13/h4-7H,8-9H2,1-3H3,(H,17,18). The minimum absolute atomic E-state index is 0.0152. The summed E-state index contributed by atoms with van der Waals surface area (Å²) in [7, 11) is -3.50. The van der Waals surface area contributed by atoms with Crippen molar-refractivity contribution in [3.05, 3.63) is 29.4 Å². The number of nitrogens with one attached hydrogen (secondary N) is 1. The maximum atomic E-state index is 12.1. The van der Waals surface area contributed by atoms with Crippen LogP contribution in [-0.2, 0) is 10.0 Å². The molecule has 0 atom stereocenters. The maximum Gasteiger partial charge on any atom is 0.233 e. The van der Waals surface area contributed by atoms with Crippen LogP contribution in [0.1, 0.15) is 27.2 Å². The van der Waals surface area contributed by atoms with E-state index in [0.717, 1.165) is 0 Å². The van der Waals surface area contributed by atoms with Gasteiger partial charge in [-0.3, -0.25) is 4.72 Å². The van der Waals surface area contributed by atoms with Gasteiger partial charge in [-0.2, -0.15) is 0 Å². The Morgan fingerprint density at radius 2 is 1.71 bits per heavy atom. The summed E-state index contributed by atoms with van der Waals surface area (Å²) in [6.45, 7) is 5.97. The predicted molar refractivity (Wildman–Crippen MR) is 86.0 cm³/mol. The summed E-state index contributed by atoms with van der Waals surface area (Å²) in [6.07, 6.45) is 0.543. The quantitative estimate of drug-likeness (QED) is 0.933. The first-order chi connectivity index (χ1) is 9.66. The first-order valence-corrected chi connectivity index (χ1v) is 8.62. The van der Waals surface area contributed by atoms with E-state index in [1.165, 1.54) is 0 Å². The Hall–Kier alpha value is -1.40. The third-order valence-corrected chi connectivity index (χ3v) is 4.41. The fourth-order valence-electron chi connectivity index (χ4n) is 1.68. The fourth-order valence-corrected chi connectivity index (χ4v) is 3.34. The fraction of sp³-hybridized carbons (Fsp3) is 0.429. The minimum Gasteiger partial charge on any atom is -0.265 e. The molecule has 1 aromatic carbocycles. The van der Waals surface area contributed by atoms with Gasteiger partial charge in [0.25, 0.3) is 0 Å². The summed E-state index contributed by atoms with van der Waals surface area (Å²) in [4.78, 5) is 8.36. The Morgan fingerprint density at radius 3 is 2.29 bits per heavy atom. The lowest BCUT2D eigenvalue weighted by Gasteiger charge is -2.18. The number of rotatable bonds is 4. The van der Waals surface area contributed by atoms with Gasteiger partial charge in [-0.1, -0.05) is 44.5 Å². The lowest BCUT2D eigenvalue weighted by Crippen LogP contribution is -2.21. The summed E-state index contributed by atoms with van der Waals surface area (Å²) < 4.78 is 26.6. The number of halogens is 1. The average Bonchev–Trinajstić information content (AvgIpc) is 2.36. The van der Waals surface area contributed by atoms with Crippen molar-refractivity contribution in [1.29, 1.82) is 0 Å². The number of para-hydroxylation sites is 2. The van der Waals surface area contributed by atoms with Crippen molar-refractivity contribution in [2.24, 2.45) is 5.41 Å². The van der Waals surface area contributed by atoms with E-state index in [4.69, 9.17) is 11.6 Å². The molecule has 1 heterocycles. The highest BCUT2D eigenvalue weighted by Gasteiger charge is 2.19. The van der Waals surface area contributed by atoms with Crippen LogP contribution >= 0.6 is 11.6 Å². The Balaban J connectivity index is 2.24. The number of sulfonamides is 1. The van der Waals surface area contributed by atoms with Gasteiger partial charge in [0.15, 0.2) is 11.0 Å². The van der Waals surface area contributed by atoms with E-state index in [-0.39, 0.29) is 22.1 Å². The SMILES string of the molecule is CC(C)(C)CCS(=O)(=O)Nc1nc2ccccc2nc1Cl. The largest absolute Gasteiger partial charge is 0.265 e. The summed E-state index contributed by atoms with van der Waals surface area (Å²) in [6, 6.07) is 7.15. The third kappa shape index (κ3) is 4.54. The number of benzene rings is 1. The Bertz CT molecular complexity index is 754. The van der Waals surface area contributed by atoms with Gasteiger partial charge in [-0.25, -0.2) is 18.4 Å². The highest BCUT2D eigenvalue weighted by atomic mass is 35.5. The van der Waals surface area contributed by atoms with E-state index < -0.39 is 10.0 Å². The average molecular weight is 328 g/mol. The zero-order valence-corrected chi connectivity index (χ0v) is 13.8. The Morgan fingerprint density at radius 1 is 1.14 bits per heavy atom. The molecule has 114 valence electrons. The molecule has 0 unspecified atom stereocenters. The number of anilines is 1. The van der Waals surface area contributed by atoms with Gasteiger partial charge in [0, 0.05) is 0 Å². The van der Waals surface area contributed by atoms with Crippen LogP contribution in [0, 0.1) is 5.41 Å². The molecule has 7 heteroatoms. The molecule has 0 radical (unpaired) electrons. The van der Waals surface area contributed by atoms with Gasteiger partial charge >= 0.3 is 0 Å². The van der Waals surface area contributed by atoms with Gasteiger partial charge in [0.1, 0.15) is 0 Å². The lowest BCUT2D eigenvalue weighted by molar-refractivity contribution is 0.397. The molecule has 0 spiro atoms. The summed E-state index contributed by atoms with van der Waals surface area (Å²) >= 11 is 6.00. The van der Waals surface area contributed by atoms with E-state index >= 15 is 0 Å². The van der Waals surface area contributed by atoms with Gasteiger partial charge in [0.05, 0.1) is 16.8 Å². The van der Waals surface area contributed by atoms with E-state index in [2.05, 4.69) is 14.7 Å². The molecule has 2 aromatic rings. The van der Waals surface area contributed by atoms with Crippen LogP contribution in [0.4, 0.5) is 5.82 Å². The highest BCUT2D eigenvalue weighted by molar-refractivity contribution is 7.92. The molecular formula is C14H18ClN3O2S.